The Balaban J connectivity index is 1.68. The molecule has 19 heavy (non-hydrogen) atoms. The van der Waals surface area contributed by atoms with Crippen LogP contribution in [0.4, 0.5) is 0 Å². The van der Waals surface area contributed by atoms with E-state index in [9.17, 15) is 4.79 Å². The summed E-state index contributed by atoms with van der Waals surface area (Å²) in [7, 11) is 0. The van der Waals surface area contributed by atoms with Crippen LogP contribution in [0.1, 0.15) is 5.69 Å². The lowest BCUT2D eigenvalue weighted by molar-refractivity contribution is -0.121. The first-order chi connectivity index (χ1) is 9.16. The molecular weight excluding hydrogens is 312 g/mol. The van der Waals surface area contributed by atoms with E-state index in [4.69, 9.17) is 4.74 Å². The molecule has 6 nitrogen and oxygen atoms in total. The molecule has 1 aliphatic rings. The second kappa shape index (κ2) is 7.02. The van der Waals surface area contributed by atoms with E-state index in [1.54, 1.807) is 10.9 Å². The third-order valence-corrected chi connectivity index (χ3v) is 3.97. The Bertz CT molecular complexity index is 429. The van der Waals surface area contributed by atoms with Gasteiger partial charge in [-0.2, -0.15) is 5.10 Å². The second-order valence-corrected chi connectivity index (χ2v) is 5.39. The predicted octanol–water partition coefficient (Wildman–Crippen LogP) is 0.402. The summed E-state index contributed by atoms with van der Waals surface area (Å²) in [5, 5.41) is 7.05. The lowest BCUT2D eigenvalue weighted by Gasteiger charge is -2.26. The first kappa shape index (κ1) is 14.5. The minimum atomic E-state index is -0.00744. The number of morpholine rings is 1. The van der Waals surface area contributed by atoms with E-state index in [0.29, 0.717) is 6.54 Å². The zero-order valence-electron chi connectivity index (χ0n) is 11.1. The molecule has 0 aliphatic carbocycles. The smallest absolute Gasteiger partial charge is 0.241 e. The monoisotopic (exact) mass is 330 g/mol. The Kier molecular flexibility index (Phi) is 5.35. The van der Waals surface area contributed by atoms with Gasteiger partial charge in [-0.25, -0.2) is 0 Å². The van der Waals surface area contributed by atoms with Crippen LogP contribution in [-0.2, 0) is 16.1 Å². The molecule has 1 fully saturated rings. The minimum Gasteiger partial charge on any atom is -0.379 e. The number of hydrogen-bond donors (Lipinski definition) is 1. The zero-order valence-corrected chi connectivity index (χ0v) is 12.6. The van der Waals surface area contributed by atoms with E-state index in [1.807, 2.05) is 6.92 Å². The van der Waals surface area contributed by atoms with Gasteiger partial charge in [0.05, 0.1) is 29.6 Å². The molecule has 1 aromatic rings. The number of amides is 1. The molecule has 0 saturated carbocycles. The average molecular weight is 331 g/mol. The number of ether oxygens (including phenoxy) is 1. The molecule has 1 aromatic heterocycles. The molecule has 0 radical (unpaired) electrons. The number of carbonyl (C=O) groups excluding carboxylic acids is 1. The number of nitrogens with zero attached hydrogens (tertiary/aromatic N) is 3. The van der Waals surface area contributed by atoms with Gasteiger partial charge in [0.25, 0.3) is 0 Å². The molecule has 1 aliphatic heterocycles. The van der Waals surface area contributed by atoms with Gasteiger partial charge in [-0.1, -0.05) is 0 Å². The summed E-state index contributed by atoms with van der Waals surface area (Å²) in [5.41, 5.74) is 0.961. The van der Waals surface area contributed by atoms with Gasteiger partial charge in [0, 0.05) is 26.2 Å². The van der Waals surface area contributed by atoms with Crippen LogP contribution < -0.4 is 5.32 Å². The number of carbonyl (C=O) groups is 1. The Labute approximate surface area is 121 Å². The number of nitrogens with one attached hydrogen (secondary N) is 1. The Morgan fingerprint density at radius 3 is 2.89 bits per heavy atom. The number of rotatable bonds is 5. The normalized spacial score (nSPS) is 16.5. The topological polar surface area (TPSA) is 59.4 Å². The highest BCUT2D eigenvalue weighted by atomic mass is 79.9. The summed E-state index contributed by atoms with van der Waals surface area (Å²) in [6, 6.07) is 0. The Morgan fingerprint density at radius 2 is 2.26 bits per heavy atom. The van der Waals surface area contributed by atoms with E-state index >= 15 is 0 Å². The van der Waals surface area contributed by atoms with Gasteiger partial charge in [-0.3, -0.25) is 14.4 Å². The van der Waals surface area contributed by atoms with Crippen LogP contribution in [0.2, 0.25) is 0 Å². The van der Waals surface area contributed by atoms with Crippen LogP contribution in [0.25, 0.3) is 0 Å². The molecule has 1 saturated heterocycles. The van der Waals surface area contributed by atoms with E-state index in [-0.39, 0.29) is 12.5 Å². The van der Waals surface area contributed by atoms with Crippen molar-refractivity contribution in [3.05, 3.63) is 16.4 Å². The third-order valence-electron chi connectivity index (χ3n) is 3.19. The van der Waals surface area contributed by atoms with Crippen molar-refractivity contribution in [2.24, 2.45) is 0 Å². The van der Waals surface area contributed by atoms with Gasteiger partial charge >= 0.3 is 0 Å². The number of halogens is 1. The predicted molar refractivity (Wildman–Crippen MR) is 74.9 cm³/mol. The maximum Gasteiger partial charge on any atom is 0.241 e. The second-order valence-electron chi connectivity index (χ2n) is 4.54. The molecule has 2 heterocycles. The molecule has 0 spiro atoms. The molecule has 0 unspecified atom stereocenters. The fourth-order valence-electron chi connectivity index (χ4n) is 1.95. The van der Waals surface area contributed by atoms with Crippen LogP contribution in [-0.4, -0.2) is 60.0 Å². The molecule has 2 rings (SSSR count). The van der Waals surface area contributed by atoms with Crippen molar-refractivity contribution < 1.29 is 9.53 Å². The summed E-state index contributed by atoms with van der Waals surface area (Å²) in [4.78, 5) is 14.1. The Hall–Kier alpha value is -0.920. The minimum absolute atomic E-state index is 0.00744. The van der Waals surface area contributed by atoms with Crippen molar-refractivity contribution in [2.45, 2.75) is 13.5 Å². The van der Waals surface area contributed by atoms with Crippen LogP contribution >= 0.6 is 15.9 Å². The highest BCUT2D eigenvalue weighted by Crippen LogP contribution is 2.13. The van der Waals surface area contributed by atoms with Gasteiger partial charge in [-0.15, -0.1) is 0 Å². The fourth-order valence-corrected chi connectivity index (χ4v) is 2.25. The summed E-state index contributed by atoms with van der Waals surface area (Å²) < 4.78 is 7.89. The third kappa shape index (κ3) is 4.29. The lowest BCUT2D eigenvalue weighted by Crippen LogP contribution is -2.41. The quantitative estimate of drug-likeness (QED) is 0.849. The van der Waals surface area contributed by atoms with Crippen molar-refractivity contribution in [2.75, 3.05) is 39.4 Å². The maximum atomic E-state index is 11.8. The number of hydrogen-bond acceptors (Lipinski definition) is 4. The molecule has 7 heteroatoms. The van der Waals surface area contributed by atoms with Crippen LogP contribution in [0.15, 0.2) is 10.7 Å². The molecule has 1 amide bonds. The van der Waals surface area contributed by atoms with Gasteiger partial charge in [-0.05, 0) is 22.9 Å². The fraction of sp³-hybridized carbons (Fsp3) is 0.667. The molecule has 0 atom stereocenters. The summed E-state index contributed by atoms with van der Waals surface area (Å²) in [6.45, 7) is 7.20. The molecule has 106 valence electrons. The Morgan fingerprint density at radius 1 is 1.53 bits per heavy atom. The van der Waals surface area contributed by atoms with Gasteiger partial charge in [0.15, 0.2) is 0 Å². The van der Waals surface area contributed by atoms with Crippen LogP contribution in [0.5, 0.6) is 0 Å². The average Bonchev–Trinajstić information content (AvgIpc) is 2.72. The van der Waals surface area contributed by atoms with E-state index in [1.165, 1.54) is 0 Å². The standard InChI is InChI=1S/C12H19BrN4O2/c1-10-11(13)8-15-17(10)9-12(18)14-2-3-16-4-6-19-7-5-16/h8H,2-7,9H2,1H3,(H,14,18). The maximum absolute atomic E-state index is 11.8. The first-order valence-corrected chi connectivity index (χ1v) is 7.21. The first-order valence-electron chi connectivity index (χ1n) is 6.41. The SMILES string of the molecule is Cc1c(Br)cnn1CC(=O)NCCN1CCOCC1. The van der Waals surface area contributed by atoms with Crippen LogP contribution in [0.3, 0.4) is 0 Å². The van der Waals surface area contributed by atoms with Gasteiger partial charge < -0.3 is 10.1 Å². The van der Waals surface area contributed by atoms with E-state index in [2.05, 4.69) is 31.2 Å². The van der Waals surface area contributed by atoms with E-state index < -0.39 is 0 Å². The van der Waals surface area contributed by atoms with Crippen molar-refractivity contribution in [3.63, 3.8) is 0 Å². The molecular formula is C12H19BrN4O2. The highest BCUT2D eigenvalue weighted by Gasteiger charge is 2.11. The highest BCUT2D eigenvalue weighted by molar-refractivity contribution is 9.10. The summed E-state index contributed by atoms with van der Waals surface area (Å²) in [6.07, 6.45) is 1.70. The zero-order chi connectivity index (χ0) is 13.7. The molecule has 1 N–H and O–H groups in total. The number of aromatic nitrogens is 2. The van der Waals surface area contributed by atoms with Gasteiger partial charge in [0.2, 0.25) is 5.91 Å². The van der Waals surface area contributed by atoms with E-state index in [0.717, 1.165) is 43.0 Å². The summed E-state index contributed by atoms with van der Waals surface area (Å²) >= 11 is 3.38. The largest absolute Gasteiger partial charge is 0.379 e. The van der Waals surface area contributed by atoms with Crippen molar-refractivity contribution in [1.82, 2.24) is 20.0 Å². The lowest BCUT2D eigenvalue weighted by atomic mass is 10.4. The van der Waals surface area contributed by atoms with Crippen molar-refractivity contribution in [3.8, 4) is 0 Å². The van der Waals surface area contributed by atoms with Gasteiger partial charge in [0.1, 0.15) is 6.54 Å². The van der Waals surface area contributed by atoms with Crippen LogP contribution in [0, 0.1) is 6.92 Å². The molecule has 0 aromatic carbocycles. The van der Waals surface area contributed by atoms with Crippen molar-refractivity contribution >= 4 is 21.8 Å². The molecule has 0 bridgehead atoms. The van der Waals surface area contributed by atoms with Crippen molar-refractivity contribution in [1.29, 1.82) is 0 Å². The summed E-state index contributed by atoms with van der Waals surface area (Å²) in [5.74, 6) is -0.00744.